The monoisotopic (exact) mass is 295 g/mol. The third-order valence-electron chi connectivity index (χ3n) is 3.34. The number of halogens is 1. The first-order chi connectivity index (χ1) is 9.66. The summed E-state index contributed by atoms with van der Waals surface area (Å²) in [6.07, 6.45) is 1.53. The summed E-state index contributed by atoms with van der Waals surface area (Å²) in [5, 5.41) is 8.79. The average molecular weight is 296 g/mol. The van der Waals surface area contributed by atoms with Crippen LogP contribution in [-0.4, -0.2) is 25.0 Å². The standard InChI is InChI=1S/C14H18ClN3O2/c15-12-4-2-1-3-11(12)9-17-14(20)18-13(19)10-5-7-16-8-6-10/h1-4,10,16H,5-9H2,(H2,17,18,19,20). The molecule has 3 amide bonds. The minimum Gasteiger partial charge on any atom is -0.334 e. The van der Waals surface area contributed by atoms with Gasteiger partial charge in [0.15, 0.2) is 0 Å². The van der Waals surface area contributed by atoms with Crippen molar-refractivity contribution in [1.82, 2.24) is 16.0 Å². The topological polar surface area (TPSA) is 70.2 Å². The Morgan fingerprint density at radius 1 is 1.25 bits per heavy atom. The Bertz CT molecular complexity index is 487. The molecule has 1 heterocycles. The van der Waals surface area contributed by atoms with Crippen molar-refractivity contribution in [3.63, 3.8) is 0 Å². The van der Waals surface area contributed by atoms with Crippen molar-refractivity contribution < 1.29 is 9.59 Å². The zero-order valence-corrected chi connectivity index (χ0v) is 11.9. The van der Waals surface area contributed by atoms with Gasteiger partial charge in [-0.1, -0.05) is 29.8 Å². The largest absolute Gasteiger partial charge is 0.334 e. The highest BCUT2D eigenvalue weighted by atomic mass is 35.5. The maximum atomic E-state index is 11.9. The molecule has 0 radical (unpaired) electrons. The smallest absolute Gasteiger partial charge is 0.321 e. The Morgan fingerprint density at radius 2 is 1.95 bits per heavy atom. The van der Waals surface area contributed by atoms with Gasteiger partial charge in [0.05, 0.1) is 0 Å². The van der Waals surface area contributed by atoms with Gasteiger partial charge in [0.2, 0.25) is 5.91 Å². The fraction of sp³-hybridized carbons (Fsp3) is 0.429. The van der Waals surface area contributed by atoms with Gasteiger partial charge in [-0.2, -0.15) is 0 Å². The second kappa shape index (κ2) is 7.26. The van der Waals surface area contributed by atoms with E-state index in [9.17, 15) is 9.59 Å². The minimum atomic E-state index is -0.478. The number of hydrogen-bond donors (Lipinski definition) is 3. The number of carbonyl (C=O) groups is 2. The molecule has 20 heavy (non-hydrogen) atoms. The number of imide groups is 1. The lowest BCUT2D eigenvalue weighted by molar-refractivity contribution is -0.124. The molecule has 108 valence electrons. The predicted octanol–water partition coefficient (Wildman–Crippen LogP) is 1.67. The molecule has 1 aliphatic heterocycles. The maximum Gasteiger partial charge on any atom is 0.321 e. The van der Waals surface area contributed by atoms with Crippen molar-refractivity contribution in [3.8, 4) is 0 Å². The molecule has 6 heteroatoms. The first kappa shape index (κ1) is 14.8. The molecule has 5 nitrogen and oxygen atoms in total. The fourth-order valence-corrected chi connectivity index (χ4v) is 2.36. The third-order valence-corrected chi connectivity index (χ3v) is 3.71. The Hall–Kier alpha value is -1.59. The summed E-state index contributed by atoms with van der Waals surface area (Å²) in [5.74, 6) is -0.287. The van der Waals surface area contributed by atoms with E-state index in [0.29, 0.717) is 11.6 Å². The summed E-state index contributed by atoms with van der Waals surface area (Å²) in [4.78, 5) is 23.5. The molecule has 1 saturated heterocycles. The van der Waals surface area contributed by atoms with Crippen molar-refractivity contribution in [2.45, 2.75) is 19.4 Å². The fourth-order valence-electron chi connectivity index (χ4n) is 2.16. The summed E-state index contributed by atoms with van der Waals surface area (Å²) in [5.41, 5.74) is 0.818. The molecule has 0 atom stereocenters. The van der Waals surface area contributed by atoms with Crippen molar-refractivity contribution in [1.29, 1.82) is 0 Å². The van der Waals surface area contributed by atoms with Crippen LogP contribution in [0.1, 0.15) is 18.4 Å². The van der Waals surface area contributed by atoms with Crippen molar-refractivity contribution in [2.24, 2.45) is 5.92 Å². The molecule has 1 aliphatic rings. The number of piperidine rings is 1. The van der Waals surface area contributed by atoms with Crippen molar-refractivity contribution >= 4 is 23.5 Å². The molecular formula is C14H18ClN3O2. The maximum absolute atomic E-state index is 11.9. The summed E-state index contributed by atoms with van der Waals surface area (Å²) < 4.78 is 0. The quantitative estimate of drug-likeness (QED) is 0.794. The van der Waals surface area contributed by atoms with Gasteiger partial charge in [0.1, 0.15) is 0 Å². The van der Waals surface area contributed by atoms with Crippen LogP contribution >= 0.6 is 11.6 Å². The van der Waals surface area contributed by atoms with E-state index in [2.05, 4.69) is 16.0 Å². The van der Waals surface area contributed by atoms with E-state index in [1.54, 1.807) is 6.07 Å². The Labute approximate surface area is 123 Å². The molecule has 0 aliphatic carbocycles. The molecule has 0 saturated carbocycles. The van der Waals surface area contributed by atoms with Gasteiger partial charge in [0.25, 0.3) is 0 Å². The van der Waals surface area contributed by atoms with E-state index in [4.69, 9.17) is 11.6 Å². The second-order valence-corrected chi connectivity index (χ2v) is 5.19. The molecule has 0 spiro atoms. The van der Waals surface area contributed by atoms with Gasteiger partial charge >= 0.3 is 6.03 Å². The lowest BCUT2D eigenvalue weighted by Gasteiger charge is -2.21. The van der Waals surface area contributed by atoms with Crippen LogP contribution in [0.15, 0.2) is 24.3 Å². The molecule has 1 aromatic carbocycles. The normalized spacial score (nSPS) is 15.7. The van der Waals surface area contributed by atoms with Crippen LogP contribution in [0.3, 0.4) is 0 Å². The number of urea groups is 1. The van der Waals surface area contributed by atoms with Crippen molar-refractivity contribution in [2.75, 3.05) is 13.1 Å². The highest BCUT2D eigenvalue weighted by Crippen LogP contribution is 2.14. The van der Waals surface area contributed by atoms with E-state index in [0.717, 1.165) is 31.5 Å². The molecule has 0 bridgehead atoms. The summed E-state index contributed by atoms with van der Waals surface area (Å²) in [6, 6.07) is 6.79. The van der Waals surface area contributed by atoms with Gasteiger partial charge in [-0.05, 0) is 37.6 Å². The Kier molecular flexibility index (Phi) is 5.38. The SMILES string of the molecule is O=C(NCc1ccccc1Cl)NC(=O)C1CCNCC1. The molecule has 3 N–H and O–H groups in total. The number of carbonyl (C=O) groups excluding carboxylic acids is 2. The first-order valence-corrected chi connectivity index (χ1v) is 7.07. The number of benzene rings is 1. The number of hydrogen-bond acceptors (Lipinski definition) is 3. The average Bonchev–Trinajstić information content (AvgIpc) is 2.47. The first-order valence-electron chi connectivity index (χ1n) is 6.69. The summed E-state index contributed by atoms with van der Waals surface area (Å²) in [7, 11) is 0. The Balaban J connectivity index is 1.77. The lowest BCUT2D eigenvalue weighted by Crippen LogP contribution is -2.44. The van der Waals surface area contributed by atoms with Crippen LogP contribution in [0.5, 0.6) is 0 Å². The van der Waals surface area contributed by atoms with Gasteiger partial charge in [-0.25, -0.2) is 4.79 Å². The van der Waals surface area contributed by atoms with Gasteiger partial charge in [-0.15, -0.1) is 0 Å². The van der Waals surface area contributed by atoms with Gasteiger partial charge in [-0.3, -0.25) is 10.1 Å². The summed E-state index contributed by atoms with van der Waals surface area (Å²) >= 11 is 5.99. The van der Waals surface area contributed by atoms with Crippen LogP contribution in [-0.2, 0) is 11.3 Å². The number of amides is 3. The van der Waals surface area contributed by atoms with Crippen LogP contribution in [0.2, 0.25) is 5.02 Å². The van der Waals surface area contributed by atoms with Crippen LogP contribution in [0.4, 0.5) is 4.79 Å². The van der Waals surface area contributed by atoms with E-state index in [1.165, 1.54) is 0 Å². The van der Waals surface area contributed by atoms with E-state index < -0.39 is 6.03 Å². The van der Waals surface area contributed by atoms with Crippen LogP contribution < -0.4 is 16.0 Å². The van der Waals surface area contributed by atoms with Crippen LogP contribution in [0.25, 0.3) is 0 Å². The highest BCUT2D eigenvalue weighted by molar-refractivity contribution is 6.31. The van der Waals surface area contributed by atoms with Crippen LogP contribution in [0, 0.1) is 5.92 Å². The van der Waals surface area contributed by atoms with E-state index >= 15 is 0 Å². The van der Waals surface area contributed by atoms with Crippen molar-refractivity contribution in [3.05, 3.63) is 34.9 Å². The lowest BCUT2D eigenvalue weighted by atomic mass is 9.97. The molecule has 1 fully saturated rings. The zero-order chi connectivity index (χ0) is 14.4. The molecule has 0 aromatic heterocycles. The molecular weight excluding hydrogens is 278 g/mol. The van der Waals surface area contributed by atoms with Gasteiger partial charge < -0.3 is 10.6 Å². The van der Waals surface area contributed by atoms with E-state index in [1.807, 2.05) is 18.2 Å². The van der Waals surface area contributed by atoms with E-state index in [-0.39, 0.29) is 11.8 Å². The zero-order valence-electron chi connectivity index (χ0n) is 11.1. The minimum absolute atomic E-state index is 0.0812. The second-order valence-electron chi connectivity index (χ2n) is 4.79. The third kappa shape index (κ3) is 4.21. The Morgan fingerprint density at radius 3 is 2.65 bits per heavy atom. The molecule has 2 rings (SSSR count). The highest BCUT2D eigenvalue weighted by Gasteiger charge is 2.22. The number of rotatable bonds is 3. The predicted molar refractivity (Wildman–Crippen MR) is 77.4 cm³/mol. The van der Waals surface area contributed by atoms with Gasteiger partial charge in [0, 0.05) is 17.5 Å². The number of nitrogens with one attached hydrogen (secondary N) is 3. The summed E-state index contributed by atoms with van der Waals surface area (Å²) in [6.45, 7) is 1.93. The molecule has 1 aromatic rings. The molecule has 0 unspecified atom stereocenters.